The van der Waals surface area contributed by atoms with Gasteiger partial charge in [0.1, 0.15) is 6.04 Å². The monoisotopic (exact) mass is 256 g/mol. The molecule has 0 aliphatic carbocycles. The number of piperazine rings is 1. The summed E-state index contributed by atoms with van der Waals surface area (Å²) in [7, 11) is 0. The van der Waals surface area contributed by atoms with Crippen molar-refractivity contribution in [3.63, 3.8) is 0 Å². The first-order valence-electron chi connectivity index (χ1n) is 6.95. The van der Waals surface area contributed by atoms with E-state index in [1.165, 1.54) is 0 Å². The predicted octanol–water partition coefficient (Wildman–Crippen LogP) is 0.248. The van der Waals surface area contributed by atoms with Gasteiger partial charge in [-0.2, -0.15) is 0 Å². The highest BCUT2D eigenvalue weighted by Gasteiger charge is 2.36. The Balaban J connectivity index is 1.99. The second-order valence-corrected chi connectivity index (χ2v) is 5.07. The second-order valence-electron chi connectivity index (χ2n) is 5.07. The SMILES string of the molecule is CCOC(=O)C1CNCCN1C(C)C1CCOC1. The van der Waals surface area contributed by atoms with Gasteiger partial charge in [-0.1, -0.05) is 0 Å². The molecule has 2 heterocycles. The number of rotatable bonds is 4. The average Bonchev–Trinajstić information content (AvgIpc) is 2.92. The van der Waals surface area contributed by atoms with Gasteiger partial charge >= 0.3 is 5.97 Å². The van der Waals surface area contributed by atoms with Gasteiger partial charge < -0.3 is 14.8 Å². The molecule has 0 aromatic rings. The molecule has 0 radical (unpaired) electrons. The summed E-state index contributed by atoms with van der Waals surface area (Å²) in [6, 6.07) is 0.235. The first-order valence-corrected chi connectivity index (χ1v) is 6.95. The Kier molecular flexibility index (Phi) is 4.97. The van der Waals surface area contributed by atoms with Crippen molar-refractivity contribution in [2.75, 3.05) is 39.5 Å². The van der Waals surface area contributed by atoms with Gasteiger partial charge in [0.15, 0.2) is 0 Å². The Bertz CT molecular complexity index is 279. The lowest BCUT2D eigenvalue weighted by atomic mass is 9.96. The van der Waals surface area contributed by atoms with Crippen LogP contribution in [-0.4, -0.2) is 62.4 Å². The highest BCUT2D eigenvalue weighted by atomic mass is 16.5. The molecule has 18 heavy (non-hydrogen) atoms. The van der Waals surface area contributed by atoms with Crippen molar-refractivity contribution < 1.29 is 14.3 Å². The zero-order valence-corrected chi connectivity index (χ0v) is 11.4. The quantitative estimate of drug-likeness (QED) is 0.731. The van der Waals surface area contributed by atoms with Crippen LogP contribution in [0.2, 0.25) is 0 Å². The van der Waals surface area contributed by atoms with Crippen LogP contribution < -0.4 is 5.32 Å². The molecule has 5 nitrogen and oxygen atoms in total. The lowest BCUT2D eigenvalue weighted by Gasteiger charge is -2.40. The minimum Gasteiger partial charge on any atom is -0.465 e. The van der Waals surface area contributed by atoms with Crippen LogP contribution in [0.3, 0.4) is 0 Å². The molecule has 1 N–H and O–H groups in total. The Morgan fingerprint density at radius 1 is 1.61 bits per heavy atom. The molecule has 2 fully saturated rings. The third kappa shape index (κ3) is 3.02. The third-order valence-electron chi connectivity index (χ3n) is 4.01. The number of hydrogen-bond acceptors (Lipinski definition) is 5. The highest BCUT2D eigenvalue weighted by molar-refractivity contribution is 5.76. The summed E-state index contributed by atoms with van der Waals surface area (Å²) >= 11 is 0. The van der Waals surface area contributed by atoms with E-state index in [1.807, 2.05) is 6.92 Å². The van der Waals surface area contributed by atoms with Crippen LogP contribution >= 0.6 is 0 Å². The second kappa shape index (κ2) is 6.50. The predicted molar refractivity (Wildman–Crippen MR) is 68.4 cm³/mol. The van der Waals surface area contributed by atoms with Gasteiger partial charge in [0.05, 0.1) is 13.2 Å². The zero-order chi connectivity index (χ0) is 13.0. The number of nitrogens with zero attached hydrogens (tertiary/aromatic N) is 1. The summed E-state index contributed by atoms with van der Waals surface area (Å²) in [5.74, 6) is 0.440. The highest BCUT2D eigenvalue weighted by Crippen LogP contribution is 2.23. The third-order valence-corrected chi connectivity index (χ3v) is 4.01. The molecule has 2 rings (SSSR count). The van der Waals surface area contributed by atoms with Crippen molar-refractivity contribution in [3.8, 4) is 0 Å². The van der Waals surface area contributed by atoms with E-state index in [2.05, 4.69) is 17.1 Å². The number of ether oxygens (including phenoxy) is 2. The fourth-order valence-corrected chi connectivity index (χ4v) is 2.87. The van der Waals surface area contributed by atoms with Gasteiger partial charge in [-0.3, -0.25) is 9.69 Å². The fraction of sp³-hybridized carbons (Fsp3) is 0.923. The van der Waals surface area contributed by atoms with Crippen LogP contribution in [-0.2, 0) is 14.3 Å². The van der Waals surface area contributed by atoms with Crippen LogP contribution in [0.15, 0.2) is 0 Å². The topological polar surface area (TPSA) is 50.8 Å². The molecule has 0 amide bonds. The lowest BCUT2D eigenvalue weighted by molar-refractivity contribution is -0.151. The van der Waals surface area contributed by atoms with Crippen LogP contribution in [0.5, 0.6) is 0 Å². The minimum absolute atomic E-state index is 0.101. The van der Waals surface area contributed by atoms with Crippen molar-refractivity contribution in [2.24, 2.45) is 5.92 Å². The van der Waals surface area contributed by atoms with Gasteiger partial charge in [-0.05, 0) is 26.2 Å². The number of hydrogen-bond donors (Lipinski definition) is 1. The average molecular weight is 256 g/mol. The number of nitrogens with one attached hydrogen (secondary N) is 1. The van der Waals surface area contributed by atoms with E-state index in [1.54, 1.807) is 0 Å². The van der Waals surface area contributed by atoms with Crippen LogP contribution in [0.25, 0.3) is 0 Å². The molecule has 104 valence electrons. The molecule has 0 bridgehead atoms. The maximum Gasteiger partial charge on any atom is 0.324 e. The molecule has 3 unspecified atom stereocenters. The minimum atomic E-state index is -0.144. The van der Waals surface area contributed by atoms with Gasteiger partial charge in [-0.15, -0.1) is 0 Å². The normalized spacial score (nSPS) is 31.2. The molecule has 3 atom stereocenters. The summed E-state index contributed by atoms with van der Waals surface area (Å²) in [5.41, 5.74) is 0. The maximum atomic E-state index is 12.0. The standard InChI is InChI=1S/C13H24N2O3/c1-3-18-13(16)12-8-14-5-6-15(12)10(2)11-4-7-17-9-11/h10-12,14H,3-9H2,1-2H3. The van der Waals surface area contributed by atoms with Gasteiger partial charge in [0.2, 0.25) is 0 Å². The van der Waals surface area contributed by atoms with Crippen molar-refractivity contribution in [3.05, 3.63) is 0 Å². The summed E-state index contributed by atoms with van der Waals surface area (Å²) in [6.07, 6.45) is 1.10. The summed E-state index contributed by atoms with van der Waals surface area (Å²) in [6.45, 7) is 8.71. The molecular weight excluding hydrogens is 232 g/mol. The number of esters is 1. The Morgan fingerprint density at radius 3 is 3.11 bits per heavy atom. The van der Waals surface area contributed by atoms with E-state index in [4.69, 9.17) is 9.47 Å². The molecular formula is C13H24N2O3. The van der Waals surface area contributed by atoms with Crippen LogP contribution in [0, 0.1) is 5.92 Å². The van der Waals surface area contributed by atoms with E-state index >= 15 is 0 Å². The molecule has 0 saturated carbocycles. The first kappa shape index (κ1) is 13.8. The lowest BCUT2D eigenvalue weighted by Crippen LogP contribution is -2.59. The molecule has 0 aromatic carbocycles. The fourth-order valence-electron chi connectivity index (χ4n) is 2.87. The van der Waals surface area contributed by atoms with Crippen molar-refractivity contribution in [1.82, 2.24) is 10.2 Å². The van der Waals surface area contributed by atoms with E-state index in [0.29, 0.717) is 25.1 Å². The van der Waals surface area contributed by atoms with E-state index in [-0.39, 0.29) is 12.0 Å². The number of carbonyl (C=O) groups excluding carboxylic acids is 1. The largest absolute Gasteiger partial charge is 0.465 e. The van der Waals surface area contributed by atoms with Crippen molar-refractivity contribution in [1.29, 1.82) is 0 Å². The van der Waals surface area contributed by atoms with Gasteiger partial charge in [0, 0.05) is 32.3 Å². The smallest absolute Gasteiger partial charge is 0.324 e. The summed E-state index contributed by atoms with van der Waals surface area (Å²) < 4.78 is 10.6. The van der Waals surface area contributed by atoms with E-state index in [0.717, 1.165) is 32.7 Å². The first-order chi connectivity index (χ1) is 8.74. The van der Waals surface area contributed by atoms with Crippen molar-refractivity contribution in [2.45, 2.75) is 32.4 Å². The molecule has 2 saturated heterocycles. The maximum absolute atomic E-state index is 12.0. The summed E-state index contributed by atoms with van der Waals surface area (Å²) in [4.78, 5) is 14.3. The Hall–Kier alpha value is -0.650. The Labute approximate surface area is 109 Å². The van der Waals surface area contributed by atoms with Crippen LogP contribution in [0.4, 0.5) is 0 Å². The van der Waals surface area contributed by atoms with E-state index in [9.17, 15) is 4.79 Å². The summed E-state index contributed by atoms with van der Waals surface area (Å²) in [5, 5.41) is 3.28. The molecule has 2 aliphatic heterocycles. The van der Waals surface area contributed by atoms with Gasteiger partial charge in [-0.25, -0.2) is 0 Å². The van der Waals surface area contributed by atoms with Crippen LogP contribution in [0.1, 0.15) is 20.3 Å². The zero-order valence-electron chi connectivity index (χ0n) is 11.4. The molecule has 0 spiro atoms. The molecule has 5 heteroatoms. The van der Waals surface area contributed by atoms with E-state index < -0.39 is 0 Å². The molecule has 2 aliphatic rings. The molecule has 0 aromatic heterocycles. The van der Waals surface area contributed by atoms with Gasteiger partial charge in [0.25, 0.3) is 0 Å². The van der Waals surface area contributed by atoms with Crippen molar-refractivity contribution >= 4 is 5.97 Å². The number of carbonyl (C=O) groups is 1. The Morgan fingerprint density at radius 2 is 2.44 bits per heavy atom.